The van der Waals surface area contributed by atoms with E-state index in [1.807, 2.05) is 0 Å². The third kappa shape index (κ3) is 6.45. The van der Waals surface area contributed by atoms with Gasteiger partial charge in [0.1, 0.15) is 11.5 Å². The van der Waals surface area contributed by atoms with Crippen molar-refractivity contribution < 1.29 is 23.8 Å². The van der Waals surface area contributed by atoms with Crippen LogP contribution in [0.25, 0.3) is 0 Å². The van der Waals surface area contributed by atoms with E-state index in [2.05, 4.69) is 15.3 Å². The van der Waals surface area contributed by atoms with E-state index >= 15 is 0 Å². The third-order valence-corrected chi connectivity index (χ3v) is 3.35. The number of halogens is 1. The van der Waals surface area contributed by atoms with Crippen molar-refractivity contribution in [3.63, 3.8) is 0 Å². The number of carbonyl (C=O) groups is 2. The molecular formula is C18H17ClN2O5. The smallest absolute Gasteiger partial charge is 0.343 e. The number of para-hydroxylation sites is 1. The largest absolute Gasteiger partial charge is 0.482 e. The predicted molar refractivity (Wildman–Crippen MR) is 96.6 cm³/mol. The summed E-state index contributed by atoms with van der Waals surface area (Å²) in [6, 6.07) is 13.7. The quantitative estimate of drug-likeness (QED) is 0.434. The monoisotopic (exact) mass is 376 g/mol. The van der Waals surface area contributed by atoms with Crippen molar-refractivity contribution in [2.45, 2.75) is 0 Å². The molecule has 0 aliphatic heterocycles. The molecule has 7 nitrogen and oxygen atoms in total. The highest BCUT2D eigenvalue weighted by atomic mass is 35.5. The first-order chi connectivity index (χ1) is 12.6. The molecule has 0 aliphatic carbocycles. The molecule has 0 unspecified atom stereocenters. The Labute approximate surface area is 155 Å². The number of benzene rings is 2. The molecule has 1 N–H and O–H groups in total. The van der Waals surface area contributed by atoms with Gasteiger partial charge in [-0.3, -0.25) is 4.79 Å². The minimum Gasteiger partial charge on any atom is -0.482 e. The van der Waals surface area contributed by atoms with Gasteiger partial charge in [0.05, 0.1) is 18.3 Å². The number of carbonyl (C=O) groups excluding carboxylic acids is 2. The fraction of sp³-hybridized carbons (Fsp3) is 0.167. The van der Waals surface area contributed by atoms with Gasteiger partial charge in [-0.15, -0.1) is 0 Å². The molecule has 0 aliphatic rings. The topological polar surface area (TPSA) is 86.2 Å². The Morgan fingerprint density at radius 1 is 1.12 bits per heavy atom. The number of amides is 1. The molecule has 0 spiro atoms. The Hall–Kier alpha value is -3.06. The number of nitrogens with zero attached hydrogens (tertiary/aromatic N) is 1. The van der Waals surface area contributed by atoms with Gasteiger partial charge in [0, 0.05) is 0 Å². The van der Waals surface area contributed by atoms with Crippen molar-refractivity contribution in [1.29, 1.82) is 0 Å². The maximum absolute atomic E-state index is 11.7. The van der Waals surface area contributed by atoms with Crippen LogP contribution < -0.4 is 14.9 Å². The SMILES string of the molecule is COC(=O)COc1cccc(/C=N/NC(=O)COc2ccccc2Cl)c1. The number of hydrogen-bond donors (Lipinski definition) is 1. The van der Waals surface area contributed by atoms with Crippen molar-refractivity contribution in [2.24, 2.45) is 5.10 Å². The summed E-state index contributed by atoms with van der Waals surface area (Å²) in [6.45, 7) is -0.406. The van der Waals surface area contributed by atoms with Crippen LogP contribution in [0.3, 0.4) is 0 Å². The summed E-state index contributed by atoms with van der Waals surface area (Å²) in [5, 5.41) is 4.27. The van der Waals surface area contributed by atoms with Crippen molar-refractivity contribution >= 4 is 29.7 Å². The van der Waals surface area contributed by atoms with Crippen molar-refractivity contribution in [2.75, 3.05) is 20.3 Å². The van der Waals surface area contributed by atoms with Crippen molar-refractivity contribution in [3.8, 4) is 11.5 Å². The van der Waals surface area contributed by atoms with E-state index < -0.39 is 11.9 Å². The molecule has 0 saturated carbocycles. The molecule has 0 fully saturated rings. The molecule has 2 rings (SSSR count). The molecule has 1 amide bonds. The van der Waals surface area contributed by atoms with E-state index in [0.29, 0.717) is 22.1 Å². The van der Waals surface area contributed by atoms with Gasteiger partial charge >= 0.3 is 5.97 Å². The first kappa shape index (κ1) is 19.3. The second kappa shape index (κ2) is 10.0. The maximum atomic E-state index is 11.7. The molecule has 8 heteroatoms. The first-order valence-corrected chi connectivity index (χ1v) is 7.95. The second-order valence-electron chi connectivity index (χ2n) is 4.95. The Kier molecular flexibility index (Phi) is 7.45. The van der Waals surface area contributed by atoms with Gasteiger partial charge < -0.3 is 14.2 Å². The van der Waals surface area contributed by atoms with Crippen LogP contribution in [0.4, 0.5) is 0 Å². The highest BCUT2D eigenvalue weighted by molar-refractivity contribution is 6.32. The molecule has 0 aromatic heterocycles. The number of methoxy groups -OCH3 is 1. The number of rotatable bonds is 8. The molecule has 2 aromatic carbocycles. The zero-order chi connectivity index (χ0) is 18.8. The number of esters is 1. The standard InChI is InChI=1S/C18H17ClN2O5/c1-24-18(23)12-25-14-6-4-5-13(9-14)10-20-21-17(22)11-26-16-8-3-2-7-15(16)19/h2-10H,11-12H2,1H3,(H,21,22)/b20-10+. The van der Waals surface area contributed by atoms with Gasteiger partial charge in [0.2, 0.25) is 0 Å². The molecule has 26 heavy (non-hydrogen) atoms. The average Bonchev–Trinajstić information content (AvgIpc) is 2.66. The van der Waals surface area contributed by atoms with Crippen LogP contribution in [0.2, 0.25) is 5.02 Å². The molecule has 0 radical (unpaired) electrons. The van der Waals surface area contributed by atoms with Crippen molar-refractivity contribution in [1.82, 2.24) is 5.43 Å². The highest BCUT2D eigenvalue weighted by Gasteiger charge is 2.04. The molecule has 136 valence electrons. The number of nitrogens with one attached hydrogen (secondary N) is 1. The second-order valence-corrected chi connectivity index (χ2v) is 5.36. The van der Waals surface area contributed by atoms with E-state index in [1.165, 1.54) is 13.3 Å². The molecule has 0 saturated heterocycles. The minimum absolute atomic E-state index is 0.187. The van der Waals surface area contributed by atoms with Crippen LogP contribution in [0.15, 0.2) is 53.6 Å². The summed E-state index contributed by atoms with van der Waals surface area (Å²) in [5.41, 5.74) is 3.03. The number of hydrazone groups is 1. The normalized spacial score (nSPS) is 10.4. The Morgan fingerprint density at radius 3 is 2.69 bits per heavy atom. The van der Waals surface area contributed by atoms with E-state index in [0.717, 1.165) is 0 Å². The van der Waals surface area contributed by atoms with E-state index in [-0.39, 0.29) is 13.2 Å². The fourth-order valence-electron chi connectivity index (χ4n) is 1.80. The zero-order valence-electron chi connectivity index (χ0n) is 14.0. The lowest BCUT2D eigenvalue weighted by atomic mass is 10.2. The zero-order valence-corrected chi connectivity index (χ0v) is 14.7. The van der Waals surface area contributed by atoms with Gasteiger partial charge in [-0.05, 0) is 29.8 Å². The van der Waals surface area contributed by atoms with E-state index in [4.69, 9.17) is 21.1 Å². The first-order valence-electron chi connectivity index (χ1n) is 7.57. The minimum atomic E-state index is -0.477. The maximum Gasteiger partial charge on any atom is 0.343 e. The fourth-order valence-corrected chi connectivity index (χ4v) is 1.99. The average molecular weight is 377 g/mol. The summed E-state index contributed by atoms with van der Waals surface area (Å²) in [4.78, 5) is 22.8. The lowest BCUT2D eigenvalue weighted by Crippen LogP contribution is -2.24. The summed E-state index contributed by atoms with van der Waals surface area (Å²) in [5.74, 6) is -0.00870. The summed E-state index contributed by atoms with van der Waals surface area (Å²) < 4.78 is 15.1. The van der Waals surface area contributed by atoms with Crippen LogP contribution >= 0.6 is 11.6 Å². The van der Waals surface area contributed by atoms with E-state index in [9.17, 15) is 9.59 Å². The summed E-state index contributed by atoms with van der Waals surface area (Å²) in [7, 11) is 1.28. The lowest BCUT2D eigenvalue weighted by Gasteiger charge is -2.06. The molecule has 0 heterocycles. The van der Waals surface area contributed by atoms with Crippen LogP contribution in [0, 0.1) is 0 Å². The Bertz CT molecular complexity index is 795. The van der Waals surface area contributed by atoms with Gasteiger partial charge in [-0.2, -0.15) is 5.10 Å². The summed E-state index contributed by atoms with van der Waals surface area (Å²) >= 11 is 5.93. The molecule has 2 aromatic rings. The molecular weight excluding hydrogens is 360 g/mol. The van der Waals surface area contributed by atoms with Crippen LogP contribution in [0.1, 0.15) is 5.56 Å². The summed E-state index contributed by atoms with van der Waals surface area (Å²) in [6.07, 6.45) is 1.44. The number of ether oxygens (including phenoxy) is 3. The molecule has 0 atom stereocenters. The predicted octanol–water partition coefficient (Wildman–Crippen LogP) is 2.42. The van der Waals surface area contributed by atoms with Crippen LogP contribution in [0.5, 0.6) is 11.5 Å². The lowest BCUT2D eigenvalue weighted by molar-refractivity contribution is -0.142. The van der Waals surface area contributed by atoms with Gasteiger partial charge in [0.15, 0.2) is 13.2 Å². The van der Waals surface area contributed by atoms with Crippen LogP contribution in [-0.2, 0) is 14.3 Å². The Balaban J connectivity index is 1.81. The van der Waals surface area contributed by atoms with Crippen molar-refractivity contribution in [3.05, 3.63) is 59.1 Å². The van der Waals surface area contributed by atoms with E-state index in [1.54, 1.807) is 48.5 Å². The van der Waals surface area contributed by atoms with Crippen LogP contribution in [-0.4, -0.2) is 38.4 Å². The molecule has 0 bridgehead atoms. The van der Waals surface area contributed by atoms with Gasteiger partial charge in [-0.25, -0.2) is 10.2 Å². The number of hydrogen-bond acceptors (Lipinski definition) is 6. The van der Waals surface area contributed by atoms with Gasteiger partial charge in [0.25, 0.3) is 5.91 Å². The Morgan fingerprint density at radius 2 is 1.92 bits per heavy atom. The van der Waals surface area contributed by atoms with Gasteiger partial charge in [-0.1, -0.05) is 35.9 Å². The highest BCUT2D eigenvalue weighted by Crippen LogP contribution is 2.22. The third-order valence-electron chi connectivity index (χ3n) is 3.04.